The number of benzene rings is 1. The van der Waals surface area contributed by atoms with E-state index in [9.17, 15) is 9.59 Å². The first-order valence-electron chi connectivity index (χ1n) is 9.41. The van der Waals surface area contributed by atoms with Crippen LogP contribution in [0.5, 0.6) is 0 Å². The van der Waals surface area contributed by atoms with Crippen LogP contribution in [0.25, 0.3) is 0 Å². The van der Waals surface area contributed by atoms with E-state index in [0.717, 1.165) is 18.4 Å². The molecule has 2 aromatic rings. The van der Waals surface area contributed by atoms with Crippen molar-refractivity contribution in [2.45, 2.75) is 25.3 Å². The van der Waals surface area contributed by atoms with Crippen molar-refractivity contribution in [1.29, 1.82) is 0 Å². The van der Waals surface area contributed by atoms with Crippen LogP contribution in [0, 0.1) is 5.92 Å². The molecular weight excluding hydrogens is 340 g/mol. The molecule has 1 aromatic heterocycles. The molecule has 1 saturated heterocycles. The lowest BCUT2D eigenvalue weighted by molar-refractivity contribution is -0.134. The van der Waals surface area contributed by atoms with Crippen LogP contribution in [0.2, 0.25) is 0 Å². The van der Waals surface area contributed by atoms with Gasteiger partial charge in [-0.25, -0.2) is 0 Å². The van der Waals surface area contributed by atoms with E-state index >= 15 is 0 Å². The van der Waals surface area contributed by atoms with Gasteiger partial charge in [0.2, 0.25) is 5.91 Å². The first-order valence-corrected chi connectivity index (χ1v) is 9.41. The lowest BCUT2D eigenvalue weighted by atomic mass is 9.96. The Kier molecular flexibility index (Phi) is 6.54. The largest absolute Gasteiger partial charge is 0.341 e. The molecule has 2 heterocycles. The number of likely N-dealkylation sites (tertiary alicyclic amines) is 1. The molecule has 0 spiro atoms. The normalized spacial score (nSPS) is 16.0. The number of amides is 2. The quantitative estimate of drug-likeness (QED) is 0.813. The van der Waals surface area contributed by atoms with Crippen molar-refractivity contribution in [3.8, 4) is 0 Å². The molecule has 6 nitrogen and oxygen atoms in total. The van der Waals surface area contributed by atoms with Crippen LogP contribution in [0.4, 0.5) is 0 Å². The van der Waals surface area contributed by atoms with Crippen molar-refractivity contribution < 1.29 is 9.59 Å². The number of pyridine rings is 1. The maximum absolute atomic E-state index is 13.1. The fourth-order valence-corrected chi connectivity index (χ4v) is 3.40. The number of nitrogens with zero attached hydrogens (tertiary/aromatic N) is 2. The molecule has 0 aliphatic carbocycles. The summed E-state index contributed by atoms with van der Waals surface area (Å²) in [5.74, 6) is 0.160. The molecule has 1 fully saturated rings. The van der Waals surface area contributed by atoms with Gasteiger partial charge in [-0.1, -0.05) is 30.3 Å². The Morgan fingerprint density at radius 3 is 2.52 bits per heavy atom. The minimum absolute atomic E-state index is 0.0356. The number of nitrogens with one attached hydrogen (secondary N) is 1. The van der Waals surface area contributed by atoms with Crippen LogP contribution in [-0.2, 0) is 11.2 Å². The fourth-order valence-electron chi connectivity index (χ4n) is 3.40. The Morgan fingerprint density at radius 2 is 1.89 bits per heavy atom. The Morgan fingerprint density at radius 1 is 1.15 bits per heavy atom. The predicted molar refractivity (Wildman–Crippen MR) is 104 cm³/mol. The SMILES string of the molecule is NCC1CCN(C(=O)C(Cc2ccccc2)NC(=O)c2cccnc2)CC1. The summed E-state index contributed by atoms with van der Waals surface area (Å²) < 4.78 is 0. The van der Waals surface area contributed by atoms with Crippen LogP contribution in [0.1, 0.15) is 28.8 Å². The number of nitrogens with two attached hydrogens (primary N) is 1. The summed E-state index contributed by atoms with van der Waals surface area (Å²) in [6.07, 6.45) is 5.41. The highest BCUT2D eigenvalue weighted by Crippen LogP contribution is 2.17. The second-order valence-electron chi connectivity index (χ2n) is 6.96. The molecule has 27 heavy (non-hydrogen) atoms. The zero-order chi connectivity index (χ0) is 19.1. The van der Waals surface area contributed by atoms with E-state index in [-0.39, 0.29) is 11.8 Å². The molecule has 0 radical (unpaired) electrons. The summed E-state index contributed by atoms with van der Waals surface area (Å²) in [5, 5.41) is 2.91. The van der Waals surface area contributed by atoms with E-state index in [4.69, 9.17) is 5.73 Å². The zero-order valence-corrected chi connectivity index (χ0v) is 15.4. The van der Waals surface area contributed by atoms with Gasteiger partial charge in [-0.3, -0.25) is 14.6 Å². The molecule has 2 amide bonds. The zero-order valence-electron chi connectivity index (χ0n) is 15.4. The number of aromatic nitrogens is 1. The first kappa shape index (κ1) is 19.0. The third kappa shape index (κ3) is 5.14. The maximum atomic E-state index is 13.1. The lowest BCUT2D eigenvalue weighted by Crippen LogP contribution is -2.52. The molecule has 3 rings (SSSR count). The van der Waals surface area contributed by atoms with Gasteiger partial charge >= 0.3 is 0 Å². The van der Waals surface area contributed by atoms with Gasteiger partial charge in [-0.15, -0.1) is 0 Å². The topological polar surface area (TPSA) is 88.3 Å². The van der Waals surface area contributed by atoms with Gasteiger partial charge in [-0.05, 0) is 43.0 Å². The smallest absolute Gasteiger partial charge is 0.253 e. The van der Waals surface area contributed by atoms with Crippen LogP contribution in [0.3, 0.4) is 0 Å². The fraction of sp³-hybridized carbons (Fsp3) is 0.381. The van der Waals surface area contributed by atoms with Crippen molar-refractivity contribution in [2.75, 3.05) is 19.6 Å². The lowest BCUT2D eigenvalue weighted by Gasteiger charge is -2.34. The summed E-state index contributed by atoms with van der Waals surface area (Å²) in [7, 11) is 0. The molecule has 0 saturated carbocycles. The first-order chi connectivity index (χ1) is 13.2. The summed E-state index contributed by atoms with van der Waals surface area (Å²) >= 11 is 0. The minimum atomic E-state index is -0.602. The Hall–Kier alpha value is -2.73. The van der Waals surface area contributed by atoms with Crippen molar-refractivity contribution in [3.05, 3.63) is 66.0 Å². The van der Waals surface area contributed by atoms with E-state index < -0.39 is 6.04 Å². The molecule has 1 unspecified atom stereocenters. The summed E-state index contributed by atoms with van der Waals surface area (Å²) in [6, 6.07) is 12.5. The average Bonchev–Trinajstić information content (AvgIpc) is 2.74. The number of carbonyl (C=O) groups is 2. The Bertz CT molecular complexity index is 743. The molecule has 0 bridgehead atoms. The Balaban J connectivity index is 1.73. The summed E-state index contributed by atoms with van der Waals surface area (Å²) in [5.41, 5.74) is 7.21. The number of hydrogen-bond acceptors (Lipinski definition) is 4. The van der Waals surface area contributed by atoms with Crippen molar-refractivity contribution >= 4 is 11.8 Å². The highest BCUT2D eigenvalue weighted by atomic mass is 16.2. The third-order valence-electron chi connectivity index (χ3n) is 5.07. The monoisotopic (exact) mass is 366 g/mol. The average molecular weight is 366 g/mol. The van der Waals surface area contributed by atoms with E-state index in [2.05, 4.69) is 10.3 Å². The van der Waals surface area contributed by atoms with Crippen LogP contribution in [-0.4, -0.2) is 47.4 Å². The van der Waals surface area contributed by atoms with Crippen molar-refractivity contribution in [1.82, 2.24) is 15.2 Å². The van der Waals surface area contributed by atoms with Crippen LogP contribution >= 0.6 is 0 Å². The number of carbonyl (C=O) groups excluding carboxylic acids is 2. The van der Waals surface area contributed by atoms with Crippen molar-refractivity contribution in [2.24, 2.45) is 11.7 Å². The van der Waals surface area contributed by atoms with Gasteiger partial charge in [0.1, 0.15) is 6.04 Å². The molecule has 1 aromatic carbocycles. The molecule has 6 heteroatoms. The highest BCUT2D eigenvalue weighted by molar-refractivity contribution is 5.97. The van der Waals surface area contributed by atoms with Gasteiger partial charge in [0.05, 0.1) is 5.56 Å². The molecular formula is C21H26N4O2. The molecule has 142 valence electrons. The van der Waals surface area contributed by atoms with Gasteiger partial charge in [0, 0.05) is 31.9 Å². The molecule has 1 aliphatic rings. The van der Waals surface area contributed by atoms with Gasteiger partial charge in [0.25, 0.3) is 5.91 Å². The molecule has 3 N–H and O–H groups in total. The number of piperidine rings is 1. The standard InChI is InChI=1S/C21H26N4O2/c22-14-17-8-11-25(12-9-17)21(27)19(13-16-5-2-1-3-6-16)24-20(26)18-7-4-10-23-15-18/h1-7,10,15,17,19H,8-9,11-14,22H2,(H,24,26). The molecule has 1 aliphatic heterocycles. The number of hydrogen-bond donors (Lipinski definition) is 2. The number of rotatable bonds is 6. The maximum Gasteiger partial charge on any atom is 0.253 e. The second-order valence-corrected chi connectivity index (χ2v) is 6.96. The highest BCUT2D eigenvalue weighted by Gasteiger charge is 2.29. The van der Waals surface area contributed by atoms with Crippen LogP contribution in [0.15, 0.2) is 54.9 Å². The van der Waals surface area contributed by atoms with Gasteiger partial charge < -0.3 is 16.0 Å². The van der Waals surface area contributed by atoms with E-state index in [1.54, 1.807) is 18.3 Å². The van der Waals surface area contributed by atoms with E-state index in [1.807, 2.05) is 35.2 Å². The van der Waals surface area contributed by atoms with E-state index in [1.165, 1.54) is 6.20 Å². The Labute approximate surface area is 159 Å². The predicted octanol–water partition coefficient (Wildman–Crippen LogP) is 1.62. The third-order valence-corrected chi connectivity index (χ3v) is 5.07. The van der Waals surface area contributed by atoms with E-state index in [0.29, 0.717) is 37.5 Å². The van der Waals surface area contributed by atoms with Crippen LogP contribution < -0.4 is 11.1 Å². The second kappa shape index (κ2) is 9.28. The summed E-state index contributed by atoms with van der Waals surface area (Å²) in [6.45, 7) is 2.04. The van der Waals surface area contributed by atoms with Gasteiger partial charge in [0.15, 0.2) is 0 Å². The molecule has 1 atom stereocenters. The van der Waals surface area contributed by atoms with Crippen molar-refractivity contribution in [3.63, 3.8) is 0 Å². The minimum Gasteiger partial charge on any atom is -0.341 e. The summed E-state index contributed by atoms with van der Waals surface area (Å²) in [4.78, 5) is 31.6. The van der Waals surface area contributed by atoms with Gasteiger partial charge in [-0.2, -0.15) is 0 Å².